The molecule has 130 valence electrons. The number of hydrogen-bond acceptors (Lipinski definition) is 4. The van der Waals surface area contributed by atoms with Gasteiger partial charge in [-0.05, 0) is 24.6 Å². The highest BCUT2D eigenvalue weighted by Gasteiger charge is 2.27. The molecule has 1 heterocycles. The lowest BCUT2D eigenvalue weighted by molar-refractivity contribution is -0.124. The van der Waals surface area contributed by atoms with Crippen molar-refractivity contribution in [3.8, 4) is 0 Å². The second kappa shape index (κ2) is 7.63. The number of fused-ring (bicyclic) bond motifs is 1. The number of amides is 1. The molecule has 0 bridgehead atoms. The second-order valence-electron chi connectivity index (χ2n) is 5.90. The summed E-state index contributed by atoms with van der Waals surface area (Å²) in [5, 5.41) is 3.56. The van der Waals surface area contributed by atoms with Gasteiger partial charge in [0.2, 0.25) is 5.91 Å². The van der Waals surface area contributed by atoms with Gasteiger partial charge in [0, 0.05) is 13.2 Å². The Morgan fingerprint density at radius 3 is 2.52 bits per heavy atom. The van der Waals surface area contributed by atoms with E-state index in [4.69, 9.17) is 4.74 Å². The maximum Gasteiger partial charge on any atom is 0.269 e. The average molecular weight is 356 g/mol. The number of nitrogens with zero attached hydrogens (tertiary/aromatic N) is 1. The summed E-state index contributed by atoms with van der Waals surface area (Å²) in [5.41, 5.74) is 0.627. The Hall–Kier alpha value is -2.44. The molecule has 2 atom stereocenters. The highest BCUT2D eigenvalue weighted by atomic mass is 32.1. The number of carbonyl (C=O) groups is 1. The summed E-state index contributed by atoms with van der Waals surface area (Å²) in [5.74, 6) is -0.218. The first kappa shape index (κ1) is 17.4. The van der Waals surface area contributed by atoms with Gasteiger partial charge in [-0.1, -0.05) is 54.0 Å². The van der Waals surface area contributed by atoms with Gasteiger partial charge in [-0.15, -0.1) is 0 Å². The van der Waals surface area contributed by atoms with Gasteiger partial charge in [-0.2, -0.15) is 0 Å². The van der Waals surface area contributed by atoms with E-state index in [0.717, 1.165) is 10.3 Å². The number of hydrogen-bond donors (Lipinski definition) is 1. The van der Waals surface area contributed by atoms with Gasteiger partial charge in [0.25, 0.3) is 5.56 Å². The van der Waals surface area contributed by atoms with Gasteiger partial charge in [0.1, 0.15) is 0 Å². The smallest absolute Gasteiger partial charge is 0.269 e. The van der Waals surface area contributed by atoms with Crippen molar-refractivity contribution in [3.05, 3.63) is 70.5 Å². The standard InChI is InChI=1S/C19H20N2O3S/c1-13(12-24-2)20-18(22)17(14-8-4-3-5-9-14)21-19(23)15-10-6-7-11-16(15)25-21/h3-11,13,17H,12H2,1-2H3,(H,20,22)/t13-,17?/m1/s1. The lowest BCUT2D eigenvalue weighted by Crippen LogP contribution is -2.42. The topological polar surface area (TPSA) is 60.3 Å². The zero-order chi connectivity index (χ0) is 17.8. The maximum absolute atomic E-state index is 12.9. The van der Waals surface area contributed by atoms with Crippen molar-refractivity contribution in [2.24, 2.45) is 0 Å². The monoisotopic (exact) mass is 356 g/mol. The summed E-state index contributed by atoms with van der Waals surface area (Å²) in [6.45, 7) is 2.28. The third-order valence-corrected chi connectivity index (χ3v) is 5.04. The Morgan fingerprint density at radius 2 is 1.84 bits per heavy atom. The van der Waals surface area contributed by atoms with Crippen molar-refractivity contribution in [3.63, 3.8) is 0 Å². The molecule has 1 N–H and O–H groups in total. The van der Waals surface area contributed by atoms with Gasteiger partial charge in [0.05, 0.1) is 16.7 Å². The number of carbonyl (C=O) groups excluding carboxylic acids is 1. The fourth-order valence-corrected chi connectivity index (χ4v) is 3.91. The Morgan fingerprint density at radius 1 is 1.16 bits per heavy atom. The van der Waals surface area contributed by atoms with E-state index in [1.54, 1.807) is 17.1 Å². The molecule has 0 aliphatic heterocycles. The van der Waals surface area contributed by atoms with Gasteiger partial charge < -0.3 is 10.1 Å². The molecule has 3 rings (SSSR count). The summed E-state index contributed by atoms with van der Waals surface area (Å²) in [6.07, 6.45) is 0. The van der Waals surface area contributed by atoms with E-state index in [-0.39, 0.29) is 17.5 Å². The van der Waals surface area contributed by atoms with Gasteiger partial charge in [-0.3, -0.25) is 9.59 Å². The van der Waals surface area contributed by atoms with Crippen molar-refractivity contribution >= 4 is 27.5 Å². The SMILES string of the molecule is COC[C@@H](C)NC(=O)C(c1ccccc1)n1sc2ccccc2c1=O. The zero-order valence-electron chi connectivity index (χ0n) is 14.1. The van der Waals surface area contributed by atoms with E-state index in [1.165, 1.54) is 11.5 Å². The Bertz CT molecular complexity index is 917. The van der Waals surface area contributed by atoms with Crippen LogP contribution in [0.1, 0.15) is 18.5 Å². The van der Waals surface area contributed by atoms with Crippen LogP contribution in [0.15, 0.2) is 59.4 Å². The Kier molecular flexibility index (Phi) is 5.31. The first-order valence-electron chi connectivity index (χ1n) is 8.06. The molecular weight excluding hydrogens is 336 g/mol. The number of nitrogens with one attached hydrogen (secondary N) is 1. The summed E-state index contributed by atoms with van der Waals surface area (Å²) < 4.78 is 7.50. The molecule has 0 radical (unpaired) electrons. The van der Waals surface area contributed by atoms with Crippen LogP contribution in [0.2, 0.25) is 0 Å². The molecule has 5 nitrogen and oxygen atoms in total. The number of rotatable bonds is 6. The van der Waals surface area contributed by atoms with Gasteiger partial charge >= 0.3 is 0 Å². The van der Waals surface area contributed by atoms with Crippen LogP contribution in [0.5, 0.6) is 0 Å². The molecule has 25 heavy (non-hydrogen) atoms. The molecule has 2 aromatic carbocycles. The fraction of sp³-hybridized carbons (Fsp3) is 0.263. The molecule has 1 amide bonds. The molecule has 6 heteroatoms. The number of aromatic nitrogens is 1. The summed E-state index contributed by atoms with van der Waals surface area (Å²) >= 11 is 1.31. The van der Waals surface area contributed by atoms with Crippen molar-refractivity contribution in [2.45, 2.75) is 19.0 Å². The van der Waals surface area contributed by atoms with Gasteiger partial charge in [0.15, 0.2) is 6.04 Å². The Balaban J connectivity index is 2.06. The van der Waals surface area contributed by atoms with Crippen molar-refractivity contribution in [2.75, 3.05) is 13.7 Å². The summed E-state index contributed by atoms with van der Waals surface area (Å²) in [4.78, 5) is 25.8. The lowest BCUT2D eigenvalue weighted by atomic mass is 10.1. The van der Waals surface area contributed by atoms with E-state index in [0.29, 0.717) is 12.0 Å². The minimum absolute atomic E-state index is 0.145. The molecule has 1 unspecified atom stereocenters. The molecule has 0 saturated heterocycles. The van der Waals surface area contributed by atoms with Crippen LogP contribution in [0.4, 0.5) is 0 Å². The van der Waals surface area contributed by atoms with E-state index in [2.05, 4.69) is 5.32 Å². The molecule has 0 saturated carbocycles. The van der Waals surface area contributed by atoms with Crippen molar-refractivity contribution in [1.29, 1.82) is 0 Å². The maximum atomic E-state index is 12.9. The van der Waals surface area contributed by atoms with Crippen molar-refractivity contribution < 1.29 is 9.53 Å². The highest BCUT2D eigenvalue weighted by Crippen LogP contribution is 2.24. The van der Waals surface area contributed by atoms with Crippen LogP contribution in [0.25, 0.3) is 10.1 Å². The first-order chi connectivity index (χ1) is 12.1. The van der Waals surface area contributed by atoms with Crippen LogP contribution in [0.3, 0.4) is 0 Å². The number of methoxy groups -OCH3 is 1. The van der Waals surface area contributed by atoms with E-state index in [9.17, 15) is 9.59 Å². The van der Waals surface area contributed by atoms with E-state index < -0.39 is 6.04 Å². The number of ether oxygens (including phenoxy) is 1. The minimum atomic E-state index is -0.703. The summed E-state index contributed by atoms with van der Waals surface area (Å²) in [6, 6.07) is 15.9. The molecule has 1 aromatic heterocycles. The molecule has 0 aliphatic carbocycles. The quantitative estimate of drug-likeness (QED) is 0.739. The predicted octanol–water partition coefficient (Wildman–Crippen LogP) is 2.80. The van der Waals surface area contributed by atoms with Crippen LogP contribution in [0, 0.1) is 0 Å². The van der Waals surface area contributed by atoms with Crippen LogP contribution >= 0.6 is 11.5 Å². The Labute approximate surface area is 150 Å². The first-order valence-corrected chi connectivity index (χ1v) is 8.84. The van der Waals surface area contributed by atoms with Crippen molar-refractivity contribution in [1.82, 2.24) is 9.27 Å². The van der Waals surface area contributed by atoms with E-state index >= 15 is 0 Å². The summed E-state index contributed by atoms with van der Waals surface area (Å²) in [7, 11) is 1.59. The molecule has 0 spiro atoms. The molecule has 0 fully saturated rings. The third-order valence-electron chi connectivity index (χ3n) is 3.92. The molecule has 3 aromatic rings. The van der Waals surface area contributed by atoms with Crippen LogP contribution in [-0.4, -0.2) is 29.6 Å². The molecular formula is C19H20N2O3S. The van der Waals surface area contributed by atoms with Gasteiger partial charge in [-0.25, -0.2) is 3.96 Å². The minimum Gasteiger partial charge on any atom is -0.383 e. The second-order valence-corrected chi connectivity index (χ2v) is 6.91. The highest BCUT2D eigenvalue weighted by molar-refractivity contribution is 7.14. The lowest BCUT2D eigenvalue weighted by Gasteiger charge is -2.20. The van der Waals surface area contributed by atoms with Crippen LogP contribution < -0.4 is 10.9 Å². The largest absolute Gasteiger partial charge is 0.383 e. The fourth-order valence-electron chi connectivity index (χ4n) is 2.80. The third kappa shape index (κ3) is 3.65. The van der Waals surface area contributed by atoms with Crippen LogP contribution in [-0.2, 0) is 9.53 Å². The number of benzene rings is 2. The normalized spacial score (nSPS) is 13.5. The average Bonchev–Trinajstić information content (AvgIpc) is 2.93. The molecule has 0 aliphatic rings. The zero-order valence-corrected chi connectivity index (χ0v) is 15.0. The van der Waals surface area contributed by atoms with E-state index in [1.807, 2.05) is 55.5 Å². The predicted molar refractivity (Wildman–Crippen MR) is 100 cm³/mol.